The van der Waals surface area contributed by atoms with Gasteiger partial charge in [-0.25, -0.2) is 0 Å². The van der Waals surface area contributed by atoms with Crippen LogP contribution in [0.1, 0.15) is 12.8 Å². The molecule has 0 aromatic carbocycles. The van der Waals surface area contributed by atoms with Gasteiger partial charge in [0.1, 0.15) is 5.60 Å². The van der Waals surface area contributed by atoms with Crippen molar-refractivity contribution in [2.75, 3.05) is 7.11 Å². The molecule has 17 heavy (non-hydrogen) atoms. The van der Waals surface area contributed by atoms with Gasteiger partial charge in [0.2, 0.25) is 0 Å². The summed E-state index contributed by atoms with van der Waals surface area (Å²) in [4.78, 5) is 10.6. The third kappa shape index (κ3) is 2.53. The number of halogens is 3. The summed E-state index contributed by atoms with van der Waals surface area (Å²) in [5.41, 5.74) is -7.30. The predicted molar refractivity (Wildman–Crippen MR) is 43.8 cm³/mol. The van der Waals surface area contributed by atoms with E-state index in [1.807, 2.05) is 0 Å². The van der Waals surface area contributed by atoms with Gasteiger partial charge in [0.25, 0.3) is 0 Å². The second-order valence-corrected chi connectivity index (χ2v) is 5.08. The topological polar surface area (TPSA) is 92.7 Å². The van der Waals surface area contributed by atoms with Gasteiger partial charge in [-0.2, -0.15) is 21.6 Å². The van der Waals surface area contributed by atoms with Gasteiger partial charge in [0.05, 0.1) is 12.1 Å². The van der Waals surface area contributed by atoms with Crippen molar-refractivity contribution in [1.82, 2.24) is 0 Å². The lowest BCUT2D eigenvalue weighted by Crippen LogP contribution is -2.61. The van der Waals surface area contributed by atoms with E-state index >= 15 is 0 Å². The zero-order valence-corrected chi connectivity index (χ0v) is 9.30. The van der Waals surface area contributed by atoms with Gasteiger partial charge in [0.15, 0.2) is 0 Å². The van der Waals surface area contributed by atoms with Crippen LogP contribution in [0.3, 0.4) is 0 Å². The number of alkyl halides is 3. The van der Waals surface area contributed by atoms with Crippen LogP contribution in [-0.4, -0.2) is 38.7 Å². The van der Waals surface area contributed by atoms with Crippen LogP contribution in [-0.2, 0) is 23.8 Å². The molecule has 1 aliphatic rings. The number of carbonyl (C=O) groups is 1. The normalized spacial score (nSPS) is 29.8. The van der Waals surface area contributed by atoms with Gasteiger partial charge < -0.3 is 14.6 Å². The molecule has 1 fully saturated rings. The van der Waals surface area contributed by atoms with E-state index in [4.69, 9.17) is 0 Å². The minimum absolute atomic E-state index is 0.513. The number of carbonyl (C=O) groups excluding carboxylic acids is 1. The van der Waals surface area contributed by atoms with Gasteiger partial charge in [-0.1, -0.05) is 0 Å². The third-order valence-corrected chi connectivity index (χ3v) is 3.52. The molecule has 100 valence electrons. The fourth-order valence-electron chi connectivity index (χ4n) is 1.39. The number of carboxylic acids is 1. The SMILES string of the molecule is COC1(C(=O)[O-])CC(OS(=O)(=O)C(F)(F)F)C1. The highest BCUT2D eigenvalue weighted by molar-refractivity contribution is 7.87. The molecule has 0 aromatic heterocycles. The second-order valence-electron chi connectivity index (χ2n) is 3.51. The number of hydrogen-bond donors (Lipinski definition) is 0. The molecule has 6 nitrogen and oxygen atoms in total. The molecule has 0 aliphatic heterocycles. The minimum Gasteiger partial charge on any atom is -0.547 e. The van der Waals surface area contributed by atoms with Crippen molar-refractivity contribution in [2.45, 2.75) is 30.1 Å². The maximum atomic E-state index is 11.9. The summed E-state index contributed by atoms with van der Waals surface area (Å²) >= 11 is 0. The van der Waals surface area contributed by atoms with Crippen LogP contribution in [0, 0.1) is 0 Å². The quantitative estimate of drug-likeness (QED) is 0.491. The Hall–Kier alpha value is -0.870. The summed E-state index contributed by atoms with van der Waals surface area (Å²) in [6, 6.07) is 0. The molecule has 1 rings (SSSR count). The molecule has 0 atom stereocenters. The fourth-order valence-corrected chi connectivity index (χ4v) is 2.00. The van der Waals surface area contributed by atoms with Crippen LogP contribution < -0.4 is 5.11 Å². The summed E-state index contributed by atoms with van der Waals surface area (Å²) < 4.78 is 65.3. The summed E-state index contributed by atoms with van der Waals surface area (Å²) in [7, 11) is -4.68. The van der Waals surface area contributed by atoms with E-state index in [1.54, 1.807) is 0 Å². The molecule has 10 heteroatoms. The Bertz CT molecular complexity index is 408. The monoisotopic (exact) mass is 277 g/mol. The van der Waals surface area contributed by atoms with Crippen molar-refractivity contribution in [3.8, 4) is 0 Å². The molecule has 0 unspecified atom stereocenters. The molecule has 0 spiro atoms. The Morgan fingerprint density at radius 3 is 2.18 bits per heavy atom. The Labute approximate surface area is 94.4 Å². The molecule has 0 bridgehead atoms. The second kappa shape index (κ2) is 4.10. The van der Waals surface area contributed by atoms with E-state index in [2.05, 4.69) is 8.92 Å². The first-order valence-corrected chi connectivity index (χ1v) is 5.71. The molecule has 0 N–H and O–H groups in total. The van der Waals surface area contributed by atoms with Gasteiger partial charge in [-0.05, 0) is 0 Å². The average molecular weight is 277 g/mol. The van der Waals surface area contributed by atoms with Crippen molar-refractivity contribution in [3.05, 3.63) is 0 Å². The van der Waals surface area contributed by atoms with Crippen LogP contribution in [0.15, 0.2) is 0 Å². The Balaban J connectivity index is 2.65. The van der Waals surface area contributed by atoms with Crippen LogP contribution in [0.25, 0.3) is 0 Å². The fraction of sp³-hybridized carbons (Fsp3) is 0.857. The summed E-state index contributed by atoms with van der Waals surface area (Å²) in [6.45, 7) is 0. The zero-order valence-electron chi connectivity index (χ0n) is 8.48. The van der Waals surface area contributed by atoms with E-state index in [0.29, 0.717) is 0 Å². The number of rotatable bonds is 4. The largest absolute Gasteiger partial charge is 0.547 e. The van der Waals surface area contributed by atoms with Gasteiger partial charge in [-0.15, -0.1) is 0 Å². The van der Waals surface area contributed by atoms with Crippen molar-refractivity contribution in [3.63, 3.8) is 0 Å². The Kier molecular flexibility index (Phi) is 3.43. The van der Waals surface area contributed by atoms with E-state index in [-0.39, 0.29) is 0 Å². The van der Waals surface area contributed by atoms with Crippen LogP contribution in [0.2, 0.25) is 0 Å². The van der Waals surface area contributed by atoms with Gasteiger partial charge in [-0.3, -0.25) is 4.18 Å². The molecule has 0 heterocycles. The molecule has 1 aliphatic carbocycles. The zero-order chi connectivity index (χ0) is 13.5. The van der Waals surface area contributed by atoms with Crippen molar-refractivity contribution in [1.29, 1.82) is 0 Å². The van der Waals surface area contributed by atoms with Gasteiger partial charge in [0, 0.05) is 20.0 Å². The number of ether oxygens (including phenoxy) is 1. The van der Waals surface area contributed by atoms with E-state index < -0.39 is 46.1 Å². The lowest BCUT2D eigenvalue weighted by atomic mass is 9.77. The molecule has 1 saturated carbocycles. The van der Waals surface area contributed by atoms with Gasteiger partial charge >= 0.3 is 15.6 Å². The maximum absolute atomic E-state index is 11.9. The molecule has 0 aromatic rings. The van der Waals surface area contributed by atoms with E-state index in [1.165, 1.54) is 0 Å². The van der Waals surface area contributed by atoms with Crippen LogP contribution in [0.5, 0.6) is 0 Å². The number of carboxylic acid groups (broad SMARTS) is 1. The number of hydrogen-bond acceptors (Lipinski definition) is 6. The molecule has 0 amide bonds. The summed E-state index contributed by atoms with van der Waals surface area (Å²) in [6.07, 6.45) is -2.40. The third-order valence-electron chi connectivity index (χ3n) is 2.42. The lowest BCUT2D eigenvalue weighted by molar-refractivity contribution is -0.335. The average Bonchev–Trinajstić information content (AvgIpc) is 2.07. The standard InChI is InChI=1S/C7H9F3O6S/c1-15-6(5(11)12)2-4(3-6)16-17(13,14)7(8,9)10/h4H,2-3H2,1H3,(H,11,12)/p-1. The first-order chi connectivity index (χ1) is 7.54. The highest BCUT2D eigenvalue weighted by Gasteiger charge is 2.54. The maximum Gasteiger partial charge on any atom is 0.523 e. The summed E-state index contributed by atoms with van der Waals surface area (Å²) in [5.74, 6) is -1.62. The summed E-state index contributed by atoms with van der Waals surface area (Å²) in [5, 5.41) is 10.6. The molecule has 0 saturated heterocycles. The molecule has 0 radical (unpaired) electrons. The minimum atomic E-state index is -5.71. The van der Waals surface area contributed by atoms with Crippen molar-refractivity contribution in [2.24, 2.45) is 0 Å². The predicted octanol–water partition coefficient (Wildman–Crippen LogP) is -0.850. The van der Waals surface area contributed by atoms with E-state index in [0.717, 1.165) is 7.11 Å². The molecular formula is C7H8F3O6S-. The lowest BCUT2D eigenvalue weighted by Gasteiger charge is -2.45. The van der Waals surface area contributed by atoms with Crippen LogP contribution >= 0.6 is 0 Å². The van der Waals surface area contributed by atoms with Crippen molar-refractivity contribution >= 4 is 16.1 Å². The number of aliphatic carboxylic acids is 1. The molecular weight excluding hydrogens is 269 g/mol. The van der Waals surface area contributed by atoms with Crippen molar-refractivity contribution < 1.29 is 40.4 Å². The Morgan fingerprint density at radius 1 is 1.41 bits per heavy atom. The first kappa shape index (κ1) is 14.2. The smallest absolute Gasteiger partial charge is 0.523 e. The number of methoxy groups -OCH3 is 1. The van der Waals surface area contributed by atoms with Crippen LogP contribution in [0.4, 0.5) is 13.2 Å². The van der Waals surface area contributed by atoms with E-state index in [9.17, 15) is 31.5 Å². The first-order valence-electron chi connectivity index (χ1n) is 4.30. The highest BCUT2D eigenvalue weighted by Crippen LogP contribution is 2.39. The highest BCUT2D eigenvalue weighted by atomic mass is 32.2. The Morgan fingerprint density at radius 2 is 1.88 bits per heavy atom.